The number of likely N-dealkylation sites (tertiary alicyclic amines) is 1. The highest BCUT2D eigenvalue weighted by atomic mass is 35.5. The number of carbonyl (C=O) groups is 1. The van der Waals surface area contributed by atoms with Crippen LogP contribution in [-0.2, 0) is 11.3 Å². The molecule has 0 aliphatic carbocycles. The number of piperidine rings is 1. The fourth-order valence-electron chi connectivity index (χ4n) is 3.52. The summed E-state index contributed by atoms with van der Waals surface area (Å²) in [5, 5.41) is 8.24. The molecule has 2 heterocycles. The normalized spacial score (nSPS) is 17.8. The molecule has 1 unspecified atom stereocenters. The van der Waals surface area contributed by atoms with Gasteiger partial charge < -0.3 is 9.84 Å². The third kappa shape index (κ3) is 5.25. The van der Waals surface area contributed by atoms with Gasteiger partial charge in [-0.25, -0.2) is 0 Å². The average molecular weight is 425 g/mol. The molecule has 6 nitrogen and oxygen atoms in total. The molecule has 152 valence electrons. The van der Waals surface area contributed by atoms with Gasteiger partial charge >= 0.3 is 0 Å². The third-order valence-electron chi connectivity index (χ3n) is 5.21. The van der Waals surface area contributed by atoms with Gasteiger partial charge in [0.1, 0.15) is 0 Å². The van der Waals surface area contributed by atoms with E-state index in [1.54, 1.807) is 18.2 Å². The van der Waals surface area contributed by atoms with Gasteiger partial charge in [-0.1, -0.05) is 42.2 Å². The zero-order valence-corrected chi connectivity index (χ0v) is 17.8. The first kappa shape index (κ1) is 21.1. The van der Waals surface area contributed by atoms with E-state index in [9.17, 15) is 4.79 Å². The monoisotopic (exact) mass is 424 g/mol. The summed E-state index contributed by atoms with van der Waals surface area (Å²) >= 11 is 12.2. The smallest absolute Gasteiger partial charge is 0.241 e. The van der Waals surface area contributed by atoms with Crippen LogP contribution in [0.1, 0.15) is 45.4 Å². The van der Waals surface area contributed by atoms with Crippen LogP contribution in [0.5, 0.6) is 0 Å². The highest BCUT2D eigenvalue weighted by molar-refractivity contribution is 6.36. The second-order valence-corrected chi connectivity index (χ2v) is 8.08. The predicted molar refractivity (Wildman–Crippen MR) is 110 cm³/mol. The number of carbonyl (C=O) groups excluding carboxylic acids is 1. The molecule has 1 atom stereocenters. The summed E-state index contributed by atoms with van der Waals surface area (Å²) in [7, 11) is 0. The molecule has 1 saturated heterocycles. The van der Waals surface area contributed by atoms with Crippen LogP contribution in [0.15, 0.2) is 22.7 Å². The molecule has 1 aliphatic rings. The number of hydrogen-bond acceptors (Lipinski definition) is 5. The largest absolute Gasteiger partial charge is 0.353 e. The minimum absolute atomic E-state index is 0.00227. The molecule has 8 heteroatoms. The van der Waals surface area contributed by atoms with Gasteiger partial charge in [-0.3, -0.25) is 9.69 Å². The molecule has 28 heavy (non-hydrogen) atoms. The highest BCUT2D eigenvalue weighted by Gasteiger charge is 2.27. The minimum Gasteiger partial charge on any atom is -0.353 e. The summed E-state index contributed by atoms with van der Waals surface area (Å²) in [5.41, 5.74) is 0.683. The van der Waals surface area contributed by atoms with Crippen LogP contribution in [-0.4, -0.2) is 40.1 Å². The van der Waals surface area contributed by atoms with E-state index in [1.165, 1.54) is 0 Å². The van der Waals surface area contributed by atoms with E-state index in [2.05, 4.69) is 34.2 Å². The maximum absolute atomic E-state index is 12.6. The van der Waals surface area contributed by atoms with E-state index in [1.807, 2.05) is 0 Å². The van der Waals surface area contributed by atoms with Crippen molar-refractivity contribution in [3.05, 3.63) is 34.1 Å². The molecule has 1 aromatic heterocycles. The maximum atomic E-state index is 12.6. The molecule has 0 spiro atoms. The van der Waals surface area contributed by atoms with E-state index < -0.39 is 0 Å². The Morgan fingerprint density at radius 2 is 2.14 bits per heavy atom. The molecule has 0 bridgehead atoms. The first-order valence-electron chi connectivity index (χ1n) is 9.80. The van der Waals surface area contributed by atoms with Crippen molar-refractivity contribution in [1.82, 2.24) is 20.4 Å². The molecular formula is C20H26Cl2N4O2. The molecule has 2 aromatic rings. The van der Waals surface area contributed by atoms with E-state index in [-0.39, 0.29) is 17.9 Å². The van der Waals surface area contributed by atoms with Gasteiger partial charge in [0.2, 0.25) is 17.6 Å². The second-order valence-electron chi connectivity index (χ2n) is 7.23. The predicted octanol–water partition coefficient (Wildman–Crippen LogP) is 4.56. The lowest BCUT2D eigenvalue weighted by Crippen LogP contribution is -2.45. The van der Waals surface area contributed by atoms with Gasteiger partial charge in [0, 0.05) is 23.2 Å². The first-order valence-corrected chi connectivity index (χ1v) is 10.6. The molecule has 3 rings (SSSR count). The van der Waals surface area contributed by atoms with E-state index in [0.29, 0.717) is 40.4 Å². The Morgan fingerprint density at radius 1 is 1.36 bits per heavy atom. The molecule has 1 N–H and O–H groups in total. The minimum atomic E-state index is 0.00227. The summed E-state index contributed by atoms with van der Waals surface area (Å²) < 4.78 is 5.41. The lowest BCUT2D eigenvalue weighted by atomic mass is 9.96. The molecule has 0 saturated carbocycles. The summed E-state index contributed by atoms with van der Waals surface area (Å²) in [6.45, 7) is 6.33. The van der Waals surface area contributed by atoms with Crippen molar-refractivity contribution in [2.75, 3.05) is 13.1 Å². The highest BCUT2D eigenvalue weighted by Crippen LogP contribution is 2.28. The summed E-state index contributed by atoms with van der Waals surface area (Å²) in [6, 6.07) is 5.43. The van der Waals surface area contributed by atoms with Crippen LogP contribution in [0.3, 0.4) is 0 Å². The topological polar surface area (TPSA) is 71.3 Å². The quantitative estimate of drug-likeness (QED) is 0.704. The van der Waals surface area contributed by atoms with Crippen molar-refractivity contribution < 1.29 is 9.32 Å². The summed E-state index contributed by atoms with van der Waals surface area (Å²) in [6.07, 6.45) is 3.80. The maximum Gasteiger partial charge on any atom is 0.241 e. The van der Waals surface area contributed by atoms with Crippen molar-refractivity contribution in [3.8, 4) is 11.4 Å². The Hall–Kier alpha value is -1.63. The van der Waals surface area contributed by atoms with E-state index >= 15 is 0 Å². The zero-order chi connectivity index (χ0) is 20.1. The Kier molecular flexibility index (Phi) is 7.32. The van der Waals surface area contributed by atoms with Gasteiger partial charge in [0.25, 0.3) is 0 Å². The van der Waals surface area contributed by atoms with E-state index in [0.717, 1.165) is 32.2 Å². The lowest BCUT2D eigenvalue weighted by Gasteiger charge is -2.31. The first-order chi connectivity index (χ1) is 13.5. The standard InChI is InChI=1S/C20H26Cl2N4O2/c1-3-15(4-2)23-20(27)13-6-5-9-26(11-13)12-18-24-19(25-28-18)16-8-7-14(21)10-17(16)22/h7-8,10,13,15H,3-6,9,11-12H2,1-2H3,(H,23,27). The van der Waals surface area contributed by atoms with Crippen LogP contribution >= 0.6 is 23.2 Å². The number of amides is 1. The molecule has 1 fully saturated rings. The number of benzene rings is 1. The number of aromatic nitrogens is 2. The Balaban J connectivity index is 1.61. The van der Waals surface area contributed by atoms with Gasteiger partial charge in [0.15, 0.2) is 0 Å². The Labute approximate surface area is 175 Å². The van der Waals surface area contributed by atoms with Gasteiger partial charge in [0.05, 0.1) is 17.5 Å². The number of halogens is 2. The molecule has 1 aliphatic heterocycles. The fourth-order valence-corrected chi connectivity index (χ4v) is 4.01. The van der Waals surface area contributed by atoms with Gasteiger partial charge in [-0.05, 0) is 50.4 Å². The van der Waals surface area contributed by atoms with Crippen molar-refractivity contribution in [2.24, 2.45) is 5.92 Å². The van der Waals surface area contributed by atoms with Crippen LogP contribution in [0, 0.1) is 5.92 Å². The number of nitrogens with zero attached hydrogens (tertiary/aromatic N) is 3. The third-order valence-corrected chi connectivity index (χ3v) is 5.76. The van der Waals surface area contributed by atoms with Crippen LogP contribution in [0.25, 0.3) is 11.4 Å². The Bertz CT molecular complexity index is 807. The van der Waals surface area contributed by atoms with Crippen molar-refractivity contribution >= 4 is 29.1 Å². The average Bonchev–Trinajstić information content (AvgIpc) is 3.14. The van der Waals surface area contributed by atoms with Crippen molar-refractivity contribution in [2.45, 2.75) is 52.1 Å². The van der Waals surface area contributed by atoms with Crippen molar-refractivity contribution in [1.29, 1.82) is 0 Å². The molecule has 0 radical (unpaired) electrons. The lowest BCUT2D eigenvalue weighted by molar-refractivity contribution is -0.127. The van der Waals surface area contributed by atoms with Crippen LogP contribution in [0.4, 0.5) is 0 Å². The molecule has 1 amide bonds. The van der Waals surface area contributed by atoms with Gasteiger partial charge in [-0.15, -0.1) is 0 Å². The van der Waals surface area contributed by atoms with Crippen molar-refractivity contribution in [3.63, 3.8) is 0 Å². The number of nitrogens with one attached hydrogen (secondary N) is 1. The molecular weight excluding hydrogens is 399 g/mol. The summed E-state index contributed by atoms with van der Waals surface area (Å²) in [4.78, 5) is 19.2. The molecule has 1 aromatic carbocycles. The van der Waals surface area contributed by atoms with Gasteiger partial charge in [-0.2, -0.15) is 4.98 Å². The van der Waals surface area contributed by atoms with E-state index in [4.69, 9.17) is 27.7 Å². The Morgan fingerprint density at radius 3 is 2.86 bits per heavy atom. The van der Waals surface area contributed by atoms with Crippen LogP contribution in [0.2, 0.25) is 10.0 Å². The zero-order valence-electron chi connectivity index (χ0n) is 16.3. The summed E-state index contributed by atoms with van der Waals surface area (Å²) in [5.74, 6) is 1.11. The fraction of sp³-hybridized carbons (Fsp3) is 0.550. The SMILES string of the molecule is CCC(CC)NC(=O)C1CCCN(Cc2nc(-c3ccc(Cl)cc3Cl)no2)C1. The van der Waals surface area contributed by atoms with Crippen LogP contribution < -0.4 is 5.32 Å². The number of rotatable bonds is 7. The number of hydrogen-bond donors (Lipinski definition) is 1. The second kappa shape index (κ2) is 9.72.